The number of hydrogen-bond acceptors (Lipinski definition) is 1. The molecule has 0 saturated heterocycles. The Morgan fingerprint density at radius 2 is 2.57 bits per heavy atom. The predicted octanol–water partition coefficient (Wildman–Crippen LogP) is 1.48. The van der Waals surface area contributed by atoms with Gasteiger partial charge >= 0.3 is 11.7 Å². The van der Waals surface area contributed by atoms with Gasteiger partial charge in [-0.25, -0.2) is 0 Å². The molecule has 0 heterocycles. The SMILES string of the molecule is O=[S+]C1=CCCC1. The lowest BCUT2D eigenvalue weighted by Gasteiger charge is -1.68. The molecule has 7 heavy (non-hydrogen) atoms. The van der Waals surface area contributed by atoms with Crippen molar-refractivity contribution in [2.24, 2.45) is 0 Å². The molecule has 0 atom stereocenters. The molecule has 0 unspecified atom stereocenters. The van der Waals surface area contributed by atoms with Crippen LogP contribution in [0.3, 0.4) is 0 Å². The predicted molar refractivity (Wildman–Crippen MR) is 30.0 cm³/mol. The summed E-state index contributed by atoms with van der Waals surface area (Å²) in [5.41, 5.74) is 0. The smallest absolute Gasteiger partial charge is 0.0405 e. The van der Waals surface area contributed by atoms with Gasteiger partial charge in [0, 0.05) is 10.6 Å². The molecule has 1 aliphatic rings. The Balaban J connectivity index is 2.51. The number of rotatable bonds is 1. The molecule has 1 nitrogen and oxygen atoms in total. The fourth-order valence-electron chi connectivity index (χ4n) is 0.717. The standard InChI is InChI=1S/C5H7OS/c6-7-5-3-1-2-4-5/h3H,1-2,4H2/q+1. The summed E-state index contributed by atoms with van der Waals surface area (Å²) in [6.07, 6.45) is 5.35. The van der Waals surface area contributed by atoms with E-state index in [0.29, 0.717) is 11.7 Å². The van der Waals surface area contributed by atoms with Gasteiger partial charge in [-0.15, -0.1) is 0 Å². The summed E-state index contributed by atoms with van der Waals surface area (Å²) >= 11 is 0.644. The third-order valence-corrected chi connectivity index (χ3v) is 1.69. The van der Waals surface area contributed by atoms with Gasteiger partial charge in [-0.3, -0.25) is 0 Å². The molecule has 0 saturated carbocycles. The quantitative estimate of drug-likeness (QED) is 0.473. The molecule has 0 aromatic carbocycles. The van der Waals surface area contributed by atoms with Crippen molar-refractivity contribution in [1.29, 1.82) is 0 Å². The van der Waals surface area contributed by atoms with Crippen molar-refractivity contribution >= 4 is 11.7 Å². The lowest BCUT2D eigenvalue weighted by Crippen LogP contribution is -1.67. The van der Waals surface area contributed by atoms with Crippen LogP contribution >= 0.6 is 0 Å². The van der Waals surface area contributed by atoms with Crippen LogP contribution in [-0.2, 0) is 15.9 Å². The fourth-order valence-corrected chi connectivity index (χ4v) is 1.13. The minimum Gasteiger partial charge on any atom is -0.0405 e. The molecule has 0 aromatic rings. The Bertz CT molecular complexity index is 107. The summed E-state index contributed by atoms with van der Waals surface area (Å²) in [5, 5.41) is 0. The second kappa shape index (κ2) is 2.17. The Kier molecular flexibility index (Phi) is 1.52. The van der Waals surface area contributed by atoms with Gasteiger partial charge in [-0.2, -0.15) is 0 Å². The summed E-state index contributed by atoms with van der Waals surface area (Å²) in [6.45, 7) is 0. The largest absolute Gasteiger partial charge is 0.499 e. The maximum absolute atomic E-state index is 9.98. The maximum atomic E-state index is 9.98. The Labute approximate surface area is 46.9 Å². The van der Waals surface area contributed by atoms with Crippen molar-refractivity contribution in [3.8, 4) is 0 Å². The summed E-state index contributed by atoms with van der Waals surface area (Å²) < 4.78 is 9.98. The van der Waals surface area contributed by atoms with Gasteiger partial charge in [0.2, 0.25) is 0 Å². The van der Waals surface area contributed by atoms with Crippen LogP contribution in [0.2, 0.25) is 0 Å². The van der Waals surface area contributed by atoms with Gasteiger partial charge in [0.05, 0.1) is 0 Å². The monoisotopic (exact) mass is 115 g/mol. The average molecular weight is 115 g/mol. The van der Waals surface area contributed by atoms with E-state index in [1.165, 1.54) is 6.42 Å². The van der Waals surface area contributed by atoms with Crippen LogP contribution in [0.5, 0.6) is 0 Å². The molecule has 0 bridgehead atoms. The van der Waals surface area contributed by atoms with Crippen LogP contribution in [-0.4, -0.2) is 0 Å². The van der Waals surface area contributed by atoms with E-state index >= 15 is 0 Å². The topological polar surface area (TPSA) is 17.1 Å². The Hall–Kier alpha value is -0.240. The molecule has 0 amide bonds. The highest BCUT2D eigenvalue weighted by molar-refractivity contribution is 7.70. The van der Waals surface area contributed by atoms with Crippen LogP contribution in [0, 0.1) is 0 Å². The maximum Gasteiger partial charge on any atom is 0.499 e. The van der Waals surface area contributed by atoms with E-state index in [9.17, 15) is 4.21 Å². The Morgan fingerprint density at radius 3 is 2.86 bits per heavy atom. The van der Waals surface area contributed by atoms with E-state index in [4.69, 9.17) is 0 Å². The third kappa shape index (κ3) is 1.06. The van der Waals surface area contributed by atoms with E-state index in [2.05, 4.69) is 0 Å². The molecular weight excluding hydrogens is 108 g/mol. The zero-order valence-electron chi connectivity index (χ0n) is 4.02. The normalized spacial score (nSPS) is 19.1. The lowest BCUT2D eigenvalue weighted by atomic mass is 10.4. The van der Waals surface area contributed by atoms with Gasteiger partial charge < -0.3 is 0 Å². The molecule has 0 aromatic heterocycles. The first-order chi connectivity index (χ1) is 3.43. The zero-order valence-corrected chi connectivity index (χ0v) is 4.83. The third-order valence-electron chi connectivity index (χ3n) is 1.11. The zero-order chi connectivity index (χ0) is 5.11. The molecule has 0 radical (unpaired) electrons. The van der Waals surface area contributed by atoms with Gasteiger partial charge in [0.25, 0.3) is 4.91 Å². The van der Waals surface area contributed by atoms with Crippen LogP contribution in [0.15, 0.2) is 11.0 Å². The lowest BCUT2D eigenvalue weighted by molar-refractivity contribution is 0.607. The molecule has 1 rings (SSSR count). The van der Waals surface area contributed by atoms with Crippen LogP contribution in [0.4, 0.5) is 0 Å². The first-order valence-corrected chi connectivity index (χ1v) is 3.16. The highest BCUT2D eigenvalue weighted by atomic mass is 32.1. The summed E-state index contributed by atoms with van der Waals surface area (Å²) in [7, 11) is 0. The van der Waals surface area contributed by atoms with Crippen molar-refractivity contribution < 1.29 is 4.21 Å². The van der Waals surface area contributed by atoms with E-state index in [1.807, 2.05) is 6.08 Å². The van der Waals surface area contributed by atoms with Gasteiger partial charge in [0.1, 0.15) is 0 Å². The van der Waals surface area contributed by atoms with Crippen LogP contribution in [0.1, 0.15) is 19.3 Å². The second-order valence-corrected chi connectivity index (χ2v) is 2.34. The molecule has 38 valence electrons. The van der Waals surface area contributed by atoms with E-state index in [1.54, 1.807) is 0 Å². The second-order valence-electron chi connectivity index (χ2n) is 1.65. The van der Waals surface area contributed by atoms with Crippen molar-refractivity contribution in [3.63, 3.8) is 0 Å². The minimum atomic E-state index is 0.644. The minimum absolute atomic E-state index is 0.644. The molecule has 0 spiro atoms. The van der Waals surface area contributed by atoms with Gasteiger partial charge in [-0.1, -0.05) is 0 Å². The molecule has 0 aliphatic heterocycles. The molecule has 0 N–H and O–H groups in total. The Morgan fingerprint density at radius 1 is 1.71 bits per heavy atom. The van der Waals surface area contributed by atoms with Crippen molar-refractivity contribution in [2.45, 2.75) is 19.3 Å². The van der Waals surface area contributed by atoms with Crippen molar-refractivity contribution in [3.05, 3.63) is 11.0 Å². The summed E-state index contributed by atoms with van der Waals surface area (Å²) in [5.74, 6) is 0. The highest BCUT2D eigenvalue weighted by Gasteiger charge is 2.14. The fraction of sp³-hybridized carbons (Fsp3) is 0.600. The summed E-state index contributed by atoms with van der Waals surface area (Å²) in [6, 6.07) is 0. The first kappa shape index (κ1) is 4.91. The molecular formula is C5H7OS+. The average Bonchev–Trinajstić information content (AvgIpc) is 2.14. The molecule has 0 fully saturated rings. The van der Waals surface area contributed by atoms with Crippen molar-refractivity contribution in [1.82, 2.24) is 0 Å². The molecule has 2 heteroatoms. The van der Waals surface area contributed by atoms with Crippen molar-refractivity contribution in [2.75, 3.05) is 0 Å². The first-order valence-electron chi connectivity index (χ1n) is 2.42. The number of hydrogen-bond donors (Lipinski definition) is 0. The van der Waals surface area contributed by atoms with Gasteiger partial charge in [-0.05, 0) is 18.9 Å². The summed E-state index contributed by atoms with van der Waals surface area (Å²) in [4.78, 5) is 1.03. The van der Waals surface area contributed by atoms with Gasteiger partial charge in [0.15, 0.2) is 0 Å². The van der Waals surface area contributed by atoms with Crippen LogP contribution < -0.4 is 0 Å². The van der Waals surface area contributed by atoms with E-state index in [0.717, 1.165) is 17.7 Å². The molecule has 1 aliphatic carbocycles. The van der Waals surface area contributed by atoms with E-state index < -0.39 is 0 Å². The highest BCUT2D eigenvalue weighted by Crippen LogP contribution is 2.15. The van der Waals surface area contributed by atoms with E-state index in [-0.39, 0.29) is 0 Å². The van der Waals surface area contributed by atoms with Crippen LogP contribution in [0.25, 0.3) is 0 Å². The number of allylic oxidation sites excluding steroid dienone is 2.